The molecule has 1 heterocycles. The second kappa shape index (κ2) is 5.92. The van der Waals surface area contributed by atoms with Crippen molar-refractivity contribution >= 4 is 11.8 Å². The molecule has 1 saturated heterocycles. The molecule has 0 spiro atoms. The van der Waals surface area contributed by atoms with Crippen LogP contribution in [0.3, 0.4) is 0 Å². The summed E-state index contributed by atoms with van der Waals surface area (Å²) in [4.78, 5) is 0. The Balaban J connectivity index is 1.96. The van der Waals surface area contributed by atoms with Crippen LogP contribution in [-0.4, -0.2) is 24.6 Å². The van der Waals surface area contributed by atoms with E-state index in [1.165, 1.54) is 35.5 Å². The fourth-order valence-electron chi connectivity index (χ4n) is 2.52. The molecule has 0 unspecified atom stereocenters. The van der Waals surface area contributed by atoms with Gasteiger partial charge in [0.05, 0.1) is 0 Å². The fraction of sp³-hybridized carbons (Fsp3) is 0.600. The van der Waals surface area contributed by atoms with Crippen LogP contribution in [0.15, 0.2) is 24.3 Å². The van der Waals surface area contributed by atoms with Gasteiger partial charge in [0.25, 0.3) is 0 Å². The third-order valence-corrected chi connectivity index (χ3v) is 4.72. The molecule has 1 fully saturated rings. The molecule has 0 radical (unpaired) electrons. The molecule has 17 heavy (non-hydrogen) atoms. The minimum atomic E-state index is 0.433. The summed E-state index contributed by atoms with van der Waals surface area (Å²) in [6, 6.07) is 9.14. The summed E-state index contributed by atoms with van der Waals surface area (Å²) in [5.74, 6) is 2.56. The average Bonchev–Trinajstić information content (AvgIpc) is 2.29. The smallest absolute Gasteiger partial charge is 0.0203 e. The van der Waals surface area contributed by atoms with Crippen LogP contribution in [0.1, 0.15) is 30.9 Å². The van der Waals surface area contributed by atoms with Crippen molar-refractivity contribution in [3.8, 4) is 0 Å². The molecule has 1 aromatic rings. The van der Waals surface area contributed by atoms with Gasteiger partial charge in [-0.25, -0.2) is 0 Å². The summed E-state index contributed by atoms with van der Waals surface area (Å²) in [6.45, 7) is 6.72. The van der Waals surface area contributed by atoms with E-state index in [4.69, 9.17) is 0 Å². The second-order valence-electron chi connectivity index (χ2n) is 5.05. The van der Waals surface area contributed by atoms with Crippen molar-refractivity contribution < 1.29 is 0 Å². The first kappa shape index (κ1) is 13.0. The molecule has 1 nitrogen and oxygen atoms in total. The molecule has 2 rings (SSSR count). The molecule has 0 aliphatic carbocycles. The van der Waals surface area contributed by atoms with Gasteiger partial charge >= 0.3 is 0 Å². The summed E-state index contributed by atoms with van der Waals surface area (Å²) in [6.07, 6.45) is 2.67. The van der Waals surface area contributed by atoms with E-state index in [1.807, 2.05) is 0 Å². The third kappa shape index (κ3) is 3.05. The van der Waals surface area contributed by atoms with Crippen molar-refractivity contribution in [3.63, 3.8) is 0 Å². The summed E-state index contributed by atoms with van der Waals surface area (Å²) in [5.41, 5.74) is 3.32. The number of hydrogen-bond donors (Lipinski definition) is 1. The van der Waals surface area contributed by atoms with E-state index in [2.05, 4.69) is 55.2 Å². The summed E-state index contributed by atoms with van der Waals surface area (Å²) in [7, 11) is 0. The lowest BCUT2D eigenvalue weighted by Gasteiger charge is -2.43. The molecule has 1 N–H and O–H groups in total. The zero-order valence-electron chi connectivity index (χ0n) is 11.0. The van der Waals surface area contributed by atoms with E-state index in [-0.39, 0.29) is 0 Å². The number of thioether (sulfide) groups is 1. The van der Waals surface area contributed by atoms with Gasteiger partial charge in [0.2, 0.25) is 0 Å². The second-order valence-corrected chi connectivity index (χ2v) is 6.44. The first-order valence-electron chi connectivity index (χ1n) is 6.62. The van der Waals surface area contributed by atoms with E-state index < -0.39 is 0 Å². The summed E-state index contributed by atoms with van der Waals surface area (Å²) in [5, 5.41) is 3.45. The molecule has 0 aromatic heterocycles. The molecule has 2 heteroatoms. The Kier molecular flexibility index (Phi) is 4.52. The highest BCUT2D eigenvalue weighted by Gasteiger charge is 2.37. The van der Waals surface area contributed by atoms with E-state index in [0.717, 1.165) is 13.1 Å². The topological polar surface area (TPSA) is 12.0 Å². The molecule has 1 aromatic carbocycles. The summed E-state index contributed by atoms with van der Waals surface area (Å²) < 4.78 is 0. The SMILES string of the molecule is CCSCCCC1(c2ccc(C)cc2)CNC1. The molecular weight excluding hydrogens is 226 g/mol. The van der Waals surface area contributed by atoms with Crippen molar-refractivity contribution in [3.05, 3.63) is 35.4 Å². The fourth-order valence-corrected chi connectivity index (χ4v) is 3.15. The van der Waals surface area contributed by atoms with Crippen LogP contribution in [0, 0.1) is 6.92 Å². The van der Waals surface area contributed by atoms with Crippen molar-refractivity contribution in [2.75, 3.05) is 24.6 Å². The predicted molar refractivity (Wildman–Crippen MR) is 78.0 cm³/mol. The van der Waals surface area contributed by atoms with Gasteiger partial charge in [0, 0.05) is 18.5 Å². The first-order chi connectivity index (χ1) is 8.27. The van der Waals surface area contributed by atoms with E-state index in [0.29, 0.717) is 5.41 Å². The van der Waals surface area contributed by atoms with Gasteiger partial charge in [-0.3, -0.25) is 0 Å². The van der Waals surface area contributed by atoms with Crippen LogP contribution in [0.25, 0.3) is 0 Å². The van der Waals surface area contributed by atoms with Crippen LogP contribution < -0.4 is 5.32 Å². The van der Waals surface area contributed by atoms with Gasteiger partial charge in [-0.15, -0.1) is 0 Å². The normalized spacial score (nSPS) is 17.8. The molecule has 1 aliphatic heterocycles. The number of aryl methyl sites for hydroxylation is 1. The third-order valence-electron chi connectivity index (χ3n) is 3.74. The minimum absolute atomic E-state index is 0.433. The highest BCUT2D eigenvalue weighted by molar-refractivity contribution is 7.99. The zero-order valence-corrected chi connectivity index (χ0v) is 11.8. The lowest BCUT2D eigenvalue weighted by Crippen LogP contribution is -2.56. The maximum atomic E-state index is 3.45. The Hall–Kier alpha value is -0.470. The van der Waals surface area contributed by atoms with Gasteiger partial charge in [0.15, 0.2) is 0 Å². The Morgan fingerprint density at radius 3 is 2.47 bits per heavy atom. The Morgan fingerprint density at radius 1 is 1.24 bits per heavy atom. The van der Waals surface area contributed by atoms with E-state index in [1.54, 1.807) is 0 Å². The molecule has 0 atom stereocenters. The van der Waals surface area contributed by atoms with Crippen molar-refractivity contribution in [1.29, 1.82) is 0 Å². The Labute approximate surface area is 109 Å². The monoisotopic (exact) mass is 249 g/mol. The van der Waals surface area contributed by atoms with Crippen molar-refractivity contribution in [1.82, 2.24) is 5.32 Å². The maximum Gasteiger partial charge on any atom is 0.0203 e. The van der Waals surface area contributed by atoms with Crippen molar-refractivity contribution in [2.45, 2.75) is 32.1 Å². The largest absolute Gasteiger partial charge is 0.315 e. The van der Waals surface area contributed by atoms with Gasteiger partial charge in [-0.2, -0.15) is 11.8 Å². The number of nitrogens with one attached hydrogen (secondary N) is 1. The van der Waals surface area contributed by atoms with Crippen molar-refractivity contribution in [2.24, 2.45) is 0 Å². The highest BCUT2D eigenvalue weighted by atomic mass is 32.2. The van der Waals surface area contributed by atoms with Gasteiger partial charge in [-0.1, -0.05) is 36.8 Å². The molecule has 0 bridgehead atoms. The van der Waals surface area contributed by atoms with E-state index in [9.17, 15) is 0 Å². The predicted octanol–water partition coefficient (Wildman–Crippen LogP) is 3.37. The standard InChI is InChI=1S/C15H23NS/c1-3-17-10-4-9-15(11-16-12-15)14-7-5-13(2)6-8-14/h5-8,16H,3-4,9-12H2,1-2H3. The molecular formula is C15H23NS. The number of rotatable bonds is 6. The summed E-state index contributed by atoms with van der Waals surface area (Å²) >= 11 is 2.06. The zero-order chi connectivity index (χ0) is 12.1. The Bertz CT molecular complexity index is 340. The van der Waals surface area contributed by atoms with Gasteiger partial charge in [0.1, 0.15) is 0 Å². The molecule has 0 saturated carbocycles. The quantitative estimate of drug-likeness (QED) is 0.776. The van der Waals surface area contributed by atoms with Crippen LogP contribution in [-0.2, 0) is 5.41 Å². The maximum absolute atomic E-state index is 3.45. The molecule has 0 amide bonds. The van der Waals surface area contributed by atoms with Crippen LogP contribution in [0.2, 0.25) is 0 Å². The molecule has 94 valence electrons. The first-order valence-corrected chi connectivity index (χ1v) is 7.78. The van der Waals surface area contributed by atoms with Crippen LogP contribution >= 0.6 is 11.8 Å². The average molecular weight is 249 g/mol. The van der Waals surface area contributed by atoms with Gasteiger partial charge in [-0.05, 0) is 36.8 Å². The number of hydrogen-bond acceptors (Lipinski definition) is 2. The Morgan fingerprint density at radius 2 is 1.94 bits per heavy atom. The number of benzene rings is 1. The minimum Gasteiger partial charge on any atom is -0.315 e. The highest BCUT2D eigenvalue weighted by Crippen LogP contribution is 2.34. The lowest BCUT2D eigenvalue weighted by molar-refractivity contribution is 0.256. The molecule has 1 aliphatic rings. The van der Waals surface area contributed by atoms with E-state index >= 15 is 0 Å². The van der Waals surface area contributed by atoms with Crippen LogP contribution in [0.4, 0.5) is 0 Å². The van der Waals surface area contributed by atoms with Crippen LogP contribution in [0.5, 0.6) is 0 Å². The van der Waals surface area contributed by atoms with Gasteiger partial charge < -0.3 is 5.32 Å². The lowest BCUT2D eigenvalue weighted by atomic mass is 9.72.